The third kappa shape index (κ3) is 7.44. The molecule has 0 aliphatic carbocycles. The average molecular weight is 597 g/mol. The van der Waals surface area contributed by atoms with E-state index in [9.17, 15) is 22.8 Å². The molecule has 0 saturated heterocycles. The molecule has 0 saturated carbocycles. The third-order valence-corrected chi connectivity index (χ3v) is 6.57. The van der Waals surface area contributed by atoms with E-state index < -0.39 is 29.3 Å². The molecular formula is C31H35F3N6O3. The van der Waals surface area contributed by atoms with Gasteiger partial charge in [-0.25, -0.2) is 9.78 Å². The minimum atomic E-state index is -4.61. The van der Waals surface area contributed by atoms with Crippen molar-refractivity contribution in [3.05, 3.63) is 72.1 Å². The number of aromatic nitrogens is 2. The van der Waals surface area contributed by atoms with Gasteiger partial charge in [-0.1, -0.05) is 12.1 Å². The molecule has 1 aromatic heterocycles. The molecular weight excluding hydrogens is 561 g/mol. The van der Waals surface area contributed by atoms with E-state index >= 15 is 0 Å². The summed E-state index contributed by atoms with van der Waals surface area (Å²) in [6, 6.07) is 13.1. The van der Waals surface area contributed by atoms with Crippen molar-refractivity contribution in [3.63, 3.8) is 0 Å². The molecule has 0 spiro atoms. The van der Waals surface area contributed by atoms with Crippen LogP contribution in [0.3, 0.4) is 0 Å². The Kier molecular flexibility index (Phi) is 8.72. The molecule has 0 fully saturated rings. The molecule has 0 aliphatic heterocycles. The fourth-order valence-electron chi connectivity index (χ4n) is 4.46. The fourth-order valence-corrected chi connectivity index (χ4v) is 4.46. The van der Waals surface area contributed by atoms with E-state index in [2.05, 4.69) is 10.3 Å². The van der Waals surface area contributed by atoms with Crippen molar-refractivity contribution in [1.29, 1.82) is 0 Å². The lowest BCUT2D eigenvalue weighted by Gasteiger charge is -2.29. The topological polar surface area (TPSA) is 106 Å². The van der Waals surface area contributed by atoms with Crippen LogP contribution in [0.5, 0.6) is 0 Å². The molecule has 1 heterocycles. The maximum atomic E-state index is 14.1. The number of fused-ring (bicyclic) bond motifs is 1. The maximum Gasteiger partial charge on any atom is 0.417 e. The molecule has 0 atom stereocenters. The summed E-state index contributed by atoms with van der Waals surface area (Å²) in [7, 11) is 5.35. The number of halogens is 3. The smallest absolute Gasteiger partial charge is 0.417 e. The molecule has 3 aromatic carbocycles. The predicted molar refractivity (Wildman–Crippen MR) is 162 cm³/mol. The summed E-state index contributed by atoms with van der Waals surface area (Å²) in [5.74, 6) is -0.536. The van der Waals surface area contributed by atoms with Crippen molar-refractivity contribution < 1.29 is 27.5 Å². The van der Waals surface area contributed by atoms with Gasteiger partial charge >= 0.3 is 12.3 Å². The van der Waals surface area contributed by atoms with Gasteiger partial charge in [0.2, 0.25) is 0 Å². The van der Waals surface area contributed by atoms with Crippen LogP contribution in [0, 0.1) is 0 Å². The third-order valence-electron chi connectivity index (χ3n) is 6.57. The number of hydrogen-bond acceptors (Lipinski definition) is 6. The lowest BCUT2D eigenvalue weighted by atomic mass is 9.97. The van der Waals surface area contributed by atoms with Gasteiger partial charge in [0.15, 0.2) is 0 Å². The van der Waals surface area contributed by atoms with Gasteiger partial charge in [0.1, 0.15) is 5.60 Å². The SMILES string of the molecule is CN(C)CCN(C(=O)OC(C)(C)C)c1cc(C(=O)Nc2cccc(-c3cc4ncn(C)c4cc3C(F)(F)F)c2)ccc1N. The van der Waals surface area contributed by atoms with Gasteiger partial charge in [-0.05, 0) is 88.5 Å². The molecule has 4 rings (SSSR count). The van der Waals surface area contributed by atoms with Crippen LogP contribution in [0.15, 0.2) is 60.9 Å². The number of nitrogen functional groups attached to an aromatic ring is 1. The first-order valence-electron chi connectivity index (χ1n) is 13.5. The lowest BCUT2D eigenvalue weighted by molar-refractivity contribution is -0.137. The van der Waals surface area contributed by atoms with Crippen molar-refractivity contribution in [2.75, 3.05) is 43.1 Å². The Balaban J connectivity index is 1.66. The minimum absolute atomic E-state index is 0.0570. The van der Waals surface area contributed by atoms with Crippen LogP contribution in [-0.4, -0.2) is 59.2 Å². The van der Waals surface area contributed by atoms with Crippen molar-refractivity contribution >= 4 is 40.1 Å². The molecule has 9 nitrogen and oxygen atoms in total. The summed E-state index contributed by atoms with van der Waals surface area (Å²) < 4.78 is 49.3. The fraction of sp³-hybridized carbons (Fsp3) is 0.323. The van der Waals surface area contributed by atoms with E-state index in [1.807, 2.05) is 19.0 Å². The number of benzene rings is 3. The number of aryl methyl sites for hydroxylation is 1. The Labute approximate surface area is 248 Å². The van der Waals surface area contributed by atoms with Crippen LogP contribution < -0.4 is 16.0 Å². The van der Waals surface area contributed by atoms with Crippen LogP contribution in [0.1, 0.15) is 36.7 Å². The molecule has 4 aromatic rings. The number of carbonyl (C=O) groups is 2. The van der Waals surface area contributed by atoms with Crippen LogP contribution >= 0.6 is 0 Å². The zero-order valence-corrected chi connectivity index (χ0v) is 24.9. The van der Waals surface area contributed by atoms with Crippen molar-refractivity contribution in [3.8, 4) is 11.1 Å². The first kappa shape index (κ1) is 31.4. The van der Waals surface area contributed by atoms with E-state index in [4.69, 9.17) is 10.5 Å². The molecule has 12 heteroatoms. The normalized spacial score (nSPS) is 12.0. The number of nitrogens with one attached hydrogen (secondary N) is 1. The Morgan fingerprint density at radius 2 is 1.74 bits per heavy atom. The molecule has 0 bridgehead atoms. The second kappa shape index (κ2) is 12.0. The zero-order chi connectivity index (χ0) is 31.7. The average Bonchev–Trinajstić information content (AvgIpc) is 3.27. The minimum Gasteiger partial charge on any atom is -0.443 e. The van der Waals surface area contributed by atoms with Gasteiger partial charge in [-0.2, -0.15) is 13.2 Å². The number of hydrogen-bond donors (Lipinski definition) is 2. The van der Waals surface area contributed by atoms with Crippen molar-refractivity contribution in [2.45, 2.75) is 32.5 Å². The van der Waals surface area contributed by atoms with Gasteiger partial charge in [0, 0.05) is 31.4 Å². The van der Waals surface area contributed by atoms with Crippen LogP contribution in [0.25, 0.3) is 22.2 Å². The Hall–Kier alpha value is -4.58. The second-order valence-corrected chi connectivity index (χ2v) is 11.5. The van der Waals surface area contributed by atoms with Crippen LogP contribution in [-0.2, 0) is 18.0 Å². The number of imidazole rings is 1. The van der Waals surface area contributed by atoms with Crippen LogP contribution in [0.4, 0.5) is 35.0 Å². The largest absolute Gasteiger partial charge is 0.443 e. The highest BCUT2D eigenvalue weighted by Gasteiger charge is 2.34. The Morgan fingerprint density at radius 3 is 2.40 bits per heavy atom. The molecule has 2 amide bonds. The van der Waals surface area contributed by atoms with Gasteiger partial charge in [0.25, 0.3) is 5.91 Å². The molecule has 0 aliphatic rings. The van der Waals surface area contributed by atoms with E-state index in [1.54, 1.807) is 46.0 Å². The number of amides is 2. The van der Waals surface area contributed by atoms with E-state index in [0.717, 1.165) is 6.07 Å². The van der Waals surface area contributed by atoms with Crippen LogP contribution in [0.2, 0.25) is 0 Å². The standard InChI is InChI=1S/C31H35F3N6O3/c1-30(2,3)43-29(42)40(13-12-38(4)5)26-15-20(10-11-24(26)35)28(41)37-21-9-7-8-19(14-21)22-16-25-27(39(6)18-36-25)17-23(22)31(32,33)34/h7-11,14-18H,12-13,35H2,1-6H3,(H,37,41). The number of carbonyl (C=O) groups excluding carboxylic acids is 2. The highest BCUT2D eigenvalue weighted by molar-refractivity contribution is 6.06. The number of alkyl halides is 3. The molecule has 0 radical (unpaired) electrons. The number of ether oxygens (including phenoxy) is 1. The Bertz CT molecular complexity index is 1660. The second-order valence-electron chi connectivity index (χ2n) is 11.5. The number of nitrogens with two attached hydrogens (primary N) is 1. The number of anilines is 3. The van der Waals surface area contributed by atoms with Crippen molar-refractivity contribution in [1.82, 2.24) is 14.5 Å². The molecule has 3 N–H and O–H groups in total. The Morgan fingerprint density at radius 1 is 1.02 bits per heavy atom. The summed E-state index contributed by atoms with van der Waals surface area (Å²) in [6.07, 6.45) is -3.77. The highest BCUT2D eigenvalue weighted by atomic mass is 19.4. The molecule has 43 heavy (non-hydrogen) atoms. The first-order valence-corrected chi connectivity index (χ1v) is 13.5. The van der Waals surface area contributed by atoms with Gasteiger partial charge in [-0.3, -0.25) is 9.69 Å². The summed E-state index contributed by atoms with van der Waals surface area (Å²) in [6.45, 7) is 6.01. The van der Waals surface area contributed by atoms with E-state index in [-0.39, 0.29) is 34.6 Å². The summed E-state index contributed by atoms with van der Waals surface area (Å²) in [5, 5.41) is 2.75. The quantitative estimate of drug-likeness (QED) is 0.239. The van der Waals surface area contributed by atoms with Crippen molar-refractivity contribution in [2.24, 2.45) is 7.05 Å². The monoisotopic (exact) mass is 596 g/mol. The van der Waals surface area contributed by atoms with Gasteiger partial charge in [-0.15, -0.1) is 0 Å². The van der Waals surface area contributed by atoms with Gasteiger partial charge in [0.05, 0.1) is 34.3 Å². The summed E-state index contributed by atoms with van der Waals surface area (Å²) >= 11 is 0. The predicted octanol–water partition coefficient (Wildman–Crippen LogP) is 6.40. The maximum absolute atomic E-state index is 14.1. The lowest BCUT2D eigenvalue weighted by Crippen LogP contribution is -2.41. The van der Waals surface area contributed by atoms with Gasteiger partial charge < -0.3 is 25.3 Å². The number of nitrogens with zero attached hydrogens (tertiary/aromatic N) is 4. The highest BCUT2D eigenvalue weighted by Crippen LogP contribution is 2.40. The summed E-state index contributed by atoms with van der Waals surface area (Å²) in [5.41, 5.74) is 6.69. The zero-order valence-electron chi connectivity index (χ0n) is 24.9. The molecule has 0 unspecified atom stereocenters. The number of rotatable bonds is 7. The van der Waals surface area contributed by atoms with E-state index in [1.165, 1.54) is 46.1 Å². The number of likely N-dealkylation sites (N-methyl/N-ethyl adjacent to an activating group) is 1. The summed E-state index contributed by atoms with van der Waals surface area (Å²) in [4.78, 5) is 33.9. The molecule has 228 valence electrons. The first-order chi connectivity index (χ1) is 20.0. The van der Waals surface area contributed by atoms with E-state index in [0.29, 0.717) is 23.3 Å².